The number of ether oxygens (including phenoxy) is 2. The Kier molecular flexibility index (Phi) is 8.26. The third-order valence-electron chi connectivity index (χ3n) is 9.34. The van der Waals surface area contributed by atoms with Crippen LogP contribution in [0.4, 0.5) is 18.4 Å². The van der Waals surface area contributed by atoms with Crippen molar-refractivity contribution in [3.05, 3.63) is 71.6 Å². The molecule has 4 aromatic rings. The predicted octanol–water partition coefficient (Wildman–Crippen LogP) is 8.62. The van der Waals surface area contributed by atoms with Crippen LogP contribution in [-0.2, 0) is 22.3 Å². The van der Waals surface area contributed by atoms with Crippen molar-refractivity contribution in [3.8, 4) is 33.6 Å². The number of aromatic nitrogens is 4. The van der Waals surface area contributed by atoms with Crippen LogP contribution in [-0.4, -0.2) is 72.1 Å². The molecule has 0 bridgehead atoms. The van der Waals surface area contributed by atoms with Gasteiger partial charge < -0.3 is 19.4 Å². The summed E-state index contributed by atoms with van der Waals surface area (Å²) in [5, 5.41) is 0. The summed E-state index contributed by atoms with van der Waals surface area (Å²) in [6, 6.07) is 13.5. The normalized spacial score (nSPS) is 20.1. The molecule has 264 valence electrons. The summed E-state index contributed by atoms with van der Waals surface area (Å²) in [5.41, 5.74) is 6.32. The van der Waals surface area contributed by atoms with E-state index in [-0.39, 0.29) is 12.1 Å². The summed E-state index contributed by atoms with van der Waals surface area (Å²) in [6.45, 7) is 10.7. The molecule has 4 heterocycles. The molecule has 2 aliphatic heterocycles. The number of fused-ring (bicyclic) bond motifs is 3. The van der Waals surface area contributed by atoms with Gasteiger partial charge in [-0.25, -0.2) is 28.3 Å². The maximum Gasteiger partial charge on any atom is 0.411 e. The number of imidazole rings is 2. The lowest BCUT2D eigenvalue weighted by atomic mass is 9.89. The monoisotopic (exact) mass is 686 g/mol. The SMILES string of the molecule is CC(C)(C)OC(=O)N1CCC[C@H]1c1ncc(-c2ccc(-c3ccc4c(c3)CCc3[nH]c([C@@H]5CC(F)(F)CN5C(=O)OC(C)(C)C)nc3-4)cc2)[nH]1. The smallest absolute Gasteiger partial charge is 0.411 e. The lowest BCUT2D eigenvalue weighted by Gasteiger charge is -2.27. The number of alkyl halides is 2. The van der Waals surface area contributed by atoms with E-state index in [9.17, 15) is 18.4 Å². The Hall–Kier alpha value is -4.74. The van der Waals surface area contributed by atoms with Gasteiger partial charge in [0.1, 0.15) is 22.9 Å². The fraction of sp³-hybridized carbons (Fsp3) is 0.474. The van der Waals surface area contributed by atoms with Crippen molar-refractivity contribution in [1.82, 2.24) is 29.7 Å². The van der Waals surface area contributed by atoms with Crippen LogP contribution in [0, 0.1) is 0 Å². The molecular formula is C38H44F2N6O4. The maximum absolute atomic E-state index is 14.6. The zero-order chi connectivity index (χ0) is 35.6. The number of likely N-dealkylation sites (tertiary alicyclic amines) is 2. The average Bonchev–Trinajstić information content (AvgIpc) is 3.84. The van der Waals surface area contributed by atoms with Crippen LogP contribution in [0.2, 0.25) is 0 Å². The summed E-state index contributed by atoms with van der Waals surface area (Å²) in [5.74, 6) is -1.92. The van der Waals surface area contributed by atoms with Gasteiger partial charge >= 0.3 is 12.2 Å². The van der Waals surface area contributed by atoms with E-state index in [1.807, 2.05) is 39.1 Å². The predicted molar refractivity (Wildman–Crippen MR) is 185 cm³/mol. The molecule has 2 amide bonds. The zero-order valence-corrected chi connectivity index (χ0v) is 29.4. The first-order chi connectivity index (χ1) is 23.5. The highest BCUT2D eigenvalue weighted by Crippen LogP contribution is 2.43. The average molecular weight is 687 g/mol. The van der Waals surface area contributed by atoms with Gasteiger partial charge in [0.15, 0.2) is 0 Å². The van der Waals surface area contributed by atoms with Gasteiger partial charge in [0.25, 0.3) is 5.92 Å². The van der Waals surface area contributed by atoms with E-state index in [1.165, 1.54) is 0 Å². The van der Waals surface area contributed by atoms with Crippen LogP contribution in [0.5, 0.6) is 0 Å². The Morgan fingerprint density at radius 2 is 1.50 bits per heavy atom. The summed E-state index contributed by atoms with van der Waals surface area (Å²) in [6.07, 6.45) is 3.38. The molecule has 1 aliphatic carbocycles. The molecule has 2 saturated heterocycles. The highest BCUT2D eigenvalue weighted by molar-refractivity contribution is 5.76. The summed E-state index contributed by atoms with van der Waals surface area (Å²) < 4.78 is 40.3. The van der Waals surface area contributed by atoms with Crippen LogP contribution in [0.1, 0.15) is 95.8 Å². The summed E-state index contributed by atoms with van der Waals surface area (Å²) >= 11 is 0. The number of nitrogens with zero attached hydrogens (tertiary/aromatic N) is 4. The Morgan fingerprint density at radius 1 is 0.840 bits per heavy atom. The van der Waals surface area contributed by atoms with Crippen molar-refractivity contribution in [1.29, 1.82) is 0 Å². The van der Waals surface area contributed by atoms with Crippen molar-refractivity contribution in [2.75, 3.05) is 13.1 Å². The van der Waals surface area contributed by atoms with Gasteiger partial charge in [0.05, 0.1) is 36.2 Å². The Labute approximate surface area is 290 Å². The van der Waals surface area contributed by atoms with Crippen molar-refractivity contribution in [2.24, 2.45) is 0 Å². The van der Waals surface area contributed by atoms with E-state index in [1.54, 1.807) is 25.7 Å². The number of H-pyrrole nitrogens is 2. The summed E-state index contributed by atoms with van der Waals surface area (Å²) in [7, 11) is 0. The third-order valence-corrected chi connectivity index (χ3v) is 9.34. The van der Waals surface area contributed by atoms with Crippen molar-refractivity contribution >= 4 is 12.2 Å². The largest absolute Gasteiger partial charge is 0.444 e. The first kappa shape index (κ1) is 33.7. The number of aryl methyl sites for hydroxylation is 2. The van der Waals surface area contributed by atoms with Crippen molar-refractivity contribution in [2.45, 2.75) is 103 Å². The van der Waals surface area contributed by atoms with Gasteiger partial charge in [-0.2, -0.15) is 0 Å². The second kappa shape index (κ2) is 12.2. The fourth-order valence-electron chi connectivity index (χ4n) is 7.12. The van der Waals surface area contributed by atoms with Gasteiger partial charge in [0.2, 0.25) is 0 Å². The molecule has 10 nitrogen and oxygen atoms in total. The molecule has 2 N–H and O–H groups in total. The van der Waals surface area contributed by atoms with Crippen LogP contribution in [0.15, 0.2) is 48.7 Å². The minimum Gasteiger partial charge on any atom is -0.444 e. The molecule has 3 aliphatic rings. The van der Waals surface area contributed by atoms with E-state index < -0.39 is 42.2 Å². The van der Waals surface area contributed by atoms with E-state index >= 15 is 0 Å². The van der Waals surface area contributed by atoms with Crippen molar-refractivity contribution < 1.29 is 27.8 Å². The van der Waals surface area contributed by atoms with Gasteiger partial charge in [-0.1, -0.05) is 42.5 Å². The molecule has 50 heavy (non-hydrogen) atoms. The standard InChI is InChI=1S/C38H44F2N6O4/c1-36(2,3)49-34(47)45-17-7-8-29(45)32-41-20-28(43-32)23-11-9-22(10-12-23)24-13-15-26-25(18-24)14-16-27-31(26)44-33(42-27)30-19-38(39,40)21-46(30)35(48)50-37(4,5)6/h9-13,15,18,20,29-30H,7-8,14,16-17,19,21H2,1-6H3,(H,41,43)(H,42,44)/t29-,30-/m0/s1. The first-order valence-corrected chi connectivity index (χ1v) is 17.3. The van der Waals surface area contributed by atoms with Crippen molar-refractivity contribution in [3.63, 3.8) is 0 Å². The van der Waals surface area contributed by atoms with Crippen LogP contribution in [0.25, 0.3) is 33.6 Å². The Bertz CT molecular complexity index is 1920. The van der Waals surface area contributed by atoms with Crippen LogP contribution >= 0.6 is 0 Å². The molecule has 0 radical (unpaired) electrons. The second-order valence-corrected chi connectivity index (χ2v) is 15.6. The summed E-state index contributed by atoms with van der Waals surface area (Å²) in [4.78, 5) is 44.7. The topological polar surface area (TPSA) is 116 Å². The quantitative estimate of drug-likeness (QED) is 0.222. The van der Waals surface area contributed by atoms with Gasteiger partial charge in [-0.15, -0.1) is 0 Å². The number of hydrogen-bond acceptors (Lipinski definition) is 6. The zero-order valence-electron chi connectivity index (χ0n) is 29.4. The number of benzene rings is 2. The Balaban J connectivity index is 1.07. The minimum atomic E-state index is -3.03. The number of halogens is 2. The maximum atomic E-state index is 14.6. The molecule has 0 saturated carbocycles. The van der Waals surface area contributed by atoms with Crippen LogP contribution < -0.4 is 0 Å². The molecule has 0 unspecified atom stereocenters. The van der Waals surface area contributed by atoms with Gasteiger partial charge in [-0.05, 0) is 89.5 Å². The number of rotatable bonds is 4. The Morgan fingerprint density at radius 3 is 2.20 bits per heavy atom. The number of amides is 2. The van der Waals surface area contributed by atoms with Crippen LogP contribution in [0.3, 0.4) is 0 Å². The molecule has 2 aromatic heterocycles. The molecule has 2 fully saturated rings. The lowest BCUT2D eigenvalue weighted by Crippen LogP contribution is -2.38. The van der Waals surface area contributed by atoms with Gasteiger partial charge in [-0.3, -0.25) is 9.80 Å². The van der Waals surface area contributed by atoms with E-state index in [0.717, 1.165) is 74.9 Å². The number of aromatic amines is 2. The number of carbonyl (C=O) groups excluding carboxylic acids is 2. The molecule has 7 rings (SSSR count). The van der Waals surface area contributed by atoms with Gasteiger partial charge in [0, 0.05) is 24.2 Å². The molecule has 12 heteroatoms. The number of carbonyl (C=O) groups is 2. The molecule has 2 atom stereocenters. The van der Waals surface area contributed by atoms with E-state index in [2.05, 4.69) is 45.3 Å². The highest BCUT2D eigenvalue weighted by atomic mass is 19.3. The minimum absolute atomic E-state index is 0.150. The second-order valence-electron chi connectivity index (χ2n) is 15.6. The molecular weight excluding hydrogens is 642 g/mol. The third kappa shape index (κ3) is 6.84. The lowest BCUT2D eigenvalue weighted by molar-refractivity contribution is -0.00248. The number of nitrogens with one attached hydrogen (secondary N) is 2. The molecule has 2 aromatic carbocycles. The fourth-order valence-corrected chi connectivity index (χ4v) is 7.12. The van der Waals surface area contributed by atoms with E-state index in [4.69, 9.17) is 14.5 Å². The first-order valence-electron chi connectivity index (χ1n) is 17.3. The van der Waals surface area contributed by atoms with E-state index in [0.29, 0.717) is 18.8 Å². The highest BCUT2D eigenvalue weighted by Gasteiger charge is 2.50. The molecule has 0 spiro atoms. The number of hydrogen-bond donors (Lipinski definition) is 2.